The topological polar surface area (TPSA) is 96.8 Å². The van der Waals surface area contributed by atoms with Crippen LogP contribution >= 0.6 is 12.3 Å². The quantitative estimate of drug-likeness (QED) is 0.481. The zero-order chi connectivity index (χ0) is 24.9. The van der Waals surface area contributed by atoms with Crippen LogP contribution in [0.1, 0.15) is 0 Å². The van der Waals surface area contributed by atoms with Crippen LogP contribution in [0.25, 0.3) is 22.2 Å². The van der Waals surface area contributed by atoms with E-state index in [1.165, 1.54) is 24.4 Å². The number of nitrogens with one attached hydrogen (secondary N) is 2. The number of methoxy groups -OCH3 is 2. The molecule has 2 amide bonds. The minimum atomic E-state index is -0.684. The molecule has 1 saturated heterocycles. The molecule has 3 aromatic rings. The van der Waals surface area contributed by atoms with Gasteiger partial charge in [-0.1, -0.05) is 0 Å². The molecule has 10 nitrogen and oxygen atoms in total. The maximum absolute atomic E-state index is 14.4. The average Bonchev–Trinajstić information content (AvgIpc) is 3.22. The van der Waals surface area contributed by atoms with Gasteiger partial charge < -0.3 is 19.7 Å². The number of pyridine rings is 2. The van der Waals surface area contributed by atoms with Gasteiger partial charge in [0.05, 0.1) is 26.0 Å². The molecular formula is C22H27F2N7O3S. The van der Waals surface area contributed by atoms with Crippen LogP contribution in [0.15, 0.2) is 24.5 Å². The molecule has 0 saturated carbocycles. The molecule has 2 N–H and O–H groups in total. The van der Waals surface area contributed by atoms with Crippen molar-refractivity contribution in [3.05, 3.63) is 30.3 Å². The van der Waals surface area contributed by atoms with Crippen LogP contribution in [-0.2, 0) is 0 Å². The number of anilines is 1. The Balaban J connectivity index is 1.53. The number of carbonyl (C=O) groups is 1. The third-order valence-electron chi connectivity index (χ3n) is 5.87. The van der Waals surface area contributed by atoms with E-state index in [4.69, 9.17) is 9.47 Å². The molecule has 1 aliphatic rings. The van der Waals surface area contributed by atoms with Crippen LogP contribution in [0.2, 0.25) is 0 Å². The summed E-state index contributed by atoms with van der Waals surface area (Å²) in [6.07, 6.45) is 2.44. The zero-order valence-electron chi connectivity index (χ0n) is 19.7. The number of piperazine rings is 1. The Kier molecular flexibility index (Phi) is 7.88. The second-order valence-corrected chi connectivity index (χ2v) is 8.59. The molecule has 4 rings (SSSR count). The van der Waals surface area contributed by atoms with Crippen molar-refractivity contribution in [1.29, 1.82) is 0 Å². The van der Waals surface area contributed by atoms with Crippen molar-refractivity contribution >= 4 is 35.2 Å². The van der Waals surface area contributed by atoms with Gasteiger partial charge in [0.2, 0.25) is 5.88 Å². The molecule has 0 unspecified atom stereocenters. The van der Waals surface area contributed by atoms with Crippen LogP contribution in [0.4, 0.5) is 18.9 Å². The van der Waals surface area contributed by atoms with E-state index in [2.05, 4.69) is 37.4 Å². The maximum atomic E-state index is 14.4. The van der Waals surface area contributed by atoms with Crippen molar-refractivity contribution in [1.82, 2.24) is 29.1 Å². The monoisotopic (exact) mass is 507 g/mol. The lowest BCUT2D eigenvalue weighted by Crippen LogP contribution is -2.47. The Morgan fingerprint density at radius 3 is 2.66 bits per heavy atom. The van der Waals surface area contributed by atoms with Gasteiger partial charge in [0.15, 0.2) is 29.5 Å². The number of amides is 2. The van der Waals surface area contributed by atoms with Crippen molar-refractivity contribution < 1.29 is 22.5 Å². The van der Waals surface area contributed by atoms with Gasteiger partial charge in [-0.25, -0.2) is 23.1 Å². The largest absolute Gasteiger partial charge is 0.493 e. The summed E-state index contributed by atoms with van der Waals surface area (Å²) in [4.78, 5) is 25.3. The van der Waals surface area contributed by atoms with Gasteiger partial charge in [0.1, 0.15) is 5.82 Å². The van der Waals surface area contributed by atoms with E-state index in [1.54, 1.807) is 12.1 Å². The second-order valence-electron chi connectivity index (χ2n) is 8.05. The van der Waals surface area contributed by atoms with Crippen LogP contribution in [0, 0.1) is 5.82 Å². The van der Waals surface area contributed by atoms with Crippen LogP contribution < -0.4 is 20.1 Å². The van der Waals surface area contributed by atoms with Gasteiger partial charge in [-0.2, -0.15) is 0 Å². The minimum absolute atomic E-state index is 0.0766. The maximum Gasteiger partial charge on any atom is 0.320 e. The highest BCUT2D eigenvalue weighted by molar-refractivity contribution is 7.92. The van der Waals surface area contributed by atoms with Gasteiger partial charge in [-0.05, 0) is 19.2 Å². The molecule has 0 atom stereocenters. The molecule has 0 radical (unpaired) electrons. The first-order valence-corrected chi connectivity index (χ1v) is 11.7. The Bertz CT molecular complexity index is 1200. The lowest BCUT2D eigenvalue weighted by atomic mass is 10.1. The third kappa shape index (κ3) is 5.41. The predicted molar refractivity (Wildman–Crippen MR) is 131 cm³/mol. The van der Waals surface area contributed by atoms with Gasteiger partial charge in [-0.3, -0.25) is 10.2 Å². The predicted octanol–water partition coefficient (Wildman–Crippen LogP) is 3.00. The van der Waals surface area contributed by atoms with E-state index in [9.17, 15) is 13.1 Å². The van der Waals surface area contributed by atoms with Crippen molar-refractivity contribution in [3.8, 4) is 22.8 Å². The van der Waals surface area contributed by atoms with Crippen molar-refractivity contribution in [2.75, 3.05) is 65.9 Å². The number of hydrogen-bond acceptors (Lipinski definition) is 8. The van der Waals surface area contributed by atoms with E-state index >= 15 is 0 Å². The molecule has 0 aliphatic carbocycles. The number of rotatable bonds is 8. The molecule has 35 heavy (non-hydrogen) atoms. The summed E-state index contributed by atoms with van der Waals surface area (Å²) in [5.41, 5.74) is 0.884. The standard InChI is InChI=1S/C22H27F2N7O3S/c1-29-8-10-30(11-9-29)7-6-25-22(32)28-17-5-4-14-15(13-31(35-24)20(14)27-17)18-19(33-2)16(23)12-26-21(18)34-3/h4-5,12-13H,6-11H2,1-3H3,(H2,25,27,28,32). The lowest BCUT2D eigenvalue weighted by molar-refractivity contribution is 0.155. The molecule has 1 aliphatic heterocycles. The van der Waals surface area contributed by atoms with E-state index in [0.717, 1.165) is 38.9 Å². The number of fused-ring (bicyclic) bond motifs is 1. The fraction of sp³-hybridized carbons (Fsp3) is 0.409. The molecule has 3 aromatic heterocycles. The van der Waals surface area contributed by atoms with Crippen LogP contribution in [-0.4, -0.2) is 90.3 Å². The highest BCUT2D eigenvalue weighted by Crippen LogP contribution is 2.43. The number of halogens is 2. The van der Waals surface area contributed by atoms with Gasteiger partial charge in [0, 0.05) is 56.4 Å². The molecule has 1 fully saturated rings. The first-order chi connectivity index (χ1) is 16.9. The van der Waals surface area contributed by atoms with E-state index in [-0.39, 0.29) is 41.0 Å². The normalized spacial score (nSPS) is 14.8. The smallest absolute Gasteiger partial charge is 0.320 e. The highest BCUT2D eigenvalue weighted by atomic mass is 32.2. The van der Waals surface area contributed by atoms with Gasteiger partial charge in [-0.15, -0.1) is 3.89 Å². The first-order valence-electron chi connectivity index (χ1n) is 11.0. The Morgan fingerprint density at radius 2 is 1.97 bits per heavy atom. The van der Waals surface area contributed by atoms with Crippen molar-refractivity contribution in [3.63, 3.8) is 0 Å². The number of urea groups is 1. The fourth-order valence-corrected chi connectivity index (χ4v) is 4.35. The lowest BCUT2D eigenvalue weighted by Gasteiger charge is -2.32. The number of ether oxygens (including phenoxy) is 2. The number of likely N-dealkylation sites (N-methyl/N-ethyl adjacent to an activating group) is 1. The van der Waals surface area contributed by atoms with Crippen LogP contribution in [0.3, 0.4) is 0 Å². The summed E-state index contributed by atoms with van der Waals surface area (Å²) < 4.78 is 39.8. The van der Waals surface area contributed by atoms with Gasteiger partial charge >= 0.3 is 6.03 Å². The number of carbonyl (C=O) groups excluding carboxylic acids is 1. The first kappa shape index (κ1) is 24.9. The summed E-state index contributed by atoms with van der Waals surface area (Å²) in [5, 5.41) is 6.00. The third-order valence-corrected chi connectivity index (χ3v) is 6.29. The molecule has 0 bridgehead atoms. The Hall–Kier alpha value is -3.16. The molecular weight excluding hydrogens is 480 g/mol. The summed E-state index contributed by atoms with van der Waals surface area (Å²) in [6.45, 7) is 5.19. The summed E-state index contributed by atoms with van der Waals surface area (Å²) >= 11 is -0.0766. The highest BCUT2D eigenvalue weighted by Gasteiger charge is 2.24. The number of hydrogen-bond donors (Lipinski definition) is 2. The molecule has 188 valence electrons. The summed E-state index contributed by atoms with van der Waals surface area (Å²) in [6, 6.07) is 2.84. The SMILES string of the molecule is COc1ncc(F)c(OC)c1-c1cn(SF)c2nc(NC(=O)NCCN3CCN(C)CC3)ccc12. The second kappa shape index (κ2) is 11.1. The van der Waals surface area contributed by atoms with Gasteiger partial charge in [0.25, 0.3) is 0 Å². The average molecular weight is 508 g/mol. The summed E-state index contributed by atoms with van der Waals surface area (Å²) in [7, 11) is 4.82. The Labute approximate surface area is 206 Å². The summed E-state index contributed by atoms with van der Waals surface area (Å²) in [5.74, 6) is -0.405. The van der Waals surface area contributed by atoms with Crippen molar-refractivity contribution in [2.24, 2.45) is 0 Å². The number of nitrogens with zero attached hydrogens (tertiary/aromatic N) is 5. The Morgan fingerprint density at radius 1 is 1.20 bits per heavy atom. The minimum Gasteiger partial charge on any atom is -0.493 e. The zero-order valence-corrected chi connectivity index (χ0v) is 20.5. The fourth-order valence-electron chi connectivity index (χ4n) is 4.00. The van der Waals surface area contributed by atoms with E-state index < -0.39 is 11.8 Å². The van der Waals surface area contributed by atoms with Crippen molar-refractivity contribution in [2.45, 2.75) is 0 Å². The molecule has 13 heteroatoms. The van der Waals surface area contributed by atoms with E-state index in [1.807, 2.05) is 0 Å². The molecule has 0 spiro atoms. The van der Waals surface area contributed by atoms with E-state index in [0.29, 0.717) is 17.5 Å². The van der Waals surface area contributed by atoms with Crippen LogP contribution in [0.5, 0.6) is 11.6 Å². The molecule has 4 heterocycles. The number of aromatic nitrogens is 3. The molecule has 0 aromatic carbocycles.